The molecule has 1 aromatic rings. The van der Waals surface area contributed by atoms with Crippen molar-refractivity contribution in [2.24, 2.45) is 5.73 Å². The Kier molecular flexibility index (Phi) is 2.69. The predicted molar refractivity (Wildman–Crippen MR) is 61.0 cm³/mol. The van der Waals surface area contributed by atoms with Gasteiger partial charge in [0, 0.05) is 6.04 Å². The molecule has 0 bridgehead atoms. The first-order valence-electron chi connectivity index (χ1n) is 5.27. The third-order valence-electron chi connectivity index (χ3n) is 2.87. The van der Waals surface area contributed by atoms with Crippen molar-refractivity contribution in [3.8, 4) is 0 Å². The van der Waals surface area contributed by atoms with Crippen LogP contribution < -0.4 is 5.73 Å². The van der Waals surface area contributed by atoms with Crippen molar-refractivity contribution < 1.29 is 0 Å². The van der Waals surface area contributed by atoms with Gasteiger partial charge in [0.2, 0.25) is 0 Å². The number of allylic oxidation sites excluding steroid dienone is 1. The molecule has 1 heteroatoms. The molecule has 0 aromatic heterocycles. The highest BCUT2D eigenvalue weighted by Gasteiger charge is 2.11. The highest BCUT2D eigenvalue weighted by molar-refractivity contribution is 5.66. The number of hydrogen-bond donors (Lipinski definition) is 1. The van der Waals surface area contributed by atoms with Gasteiger partial charge in [0.1, 0.15) is 0 Å². The number of aryl methyl sites for hydroxylation is 1. The summed E-state index contributed by atoms with van der Waals surface area (Å²) in [5, 5.41) is 0. The van der Waals surface area contributed by atoms with E-state index in [1.54, 1.807) is 0 Å². The molecule has 1 aromatic carbocycles. The largest absolute Gasteiger partial charge is 0.327 e. The first-order valence-corrected chi connectivity index (χ1v) is 5.27. The van der Waals surface area contributed by atoms with E-state index < -0.39 is 0 Å². The molecule has 1 atom stereocenters. The van der Waals surface area contributed by atoms with E-state index in [0.717, 1.165) is 19.3 Å². The van der Waals surface area contributed by atoms with E-state index in [1.807, 2.05) is 0 Å². The van der Waals surface area contributed by atoms with E-state index in [-0.39, 0.29) is 0 Å². The molecule has 2 rings (SSSR count). The van der Waals surface area contributed by atoms with Gasteiger partial charge < -0.3 is 5.73 Å². The van der Waals surface area contributed by atoms with Crippen LogP contribution >= 0.6 is 0 Å². The van der Waals surface area contributed by atoms with Gasteiger partial charge in [0.25, 0.3) is 0 Å². The highest BCUT2D eigenvalue weighted by atomic mass is 14.6. The van der Waals surface area contributed by atoms with E-state index in [1.165, 1.54) is 16.7 Å². The van der Waals surface area contributed by atoms with Gasteiger partial charge in [-0.25, -0.2) is 0 Å². The SMILES string of the molecule is Cc1ccc(C2=CC[C@@H](N)CC2)cc1. The second kappa shape index (κ2) is 3.97. The Morgan fingerprint density at radius 1 is 1.21 bits per heavy atom. The predicted octanol–water partition coefficient (Wildman–Crippen LogP) is 2.89. The summed E-state index contributed by atoms with van der Waals surface area (Å²) in [4.78, 5) is 0. The van der Waals surface area contributed by atoms with Crippen LogP contribution in [0.4, 0.5) is 0 Å². The summed E-state index contributed by atoms with van der Waals surface area (Å²) in [7, 11) is 0. The standard InChI is InChI=1S/C13H17N/c1-10-2-4-11(5-3-10)12-6-8-13(14)9-7-12/h2-6,13H,7-9,14H2,1H3/t13-/m1/s1. The van der Waals surface area contributed by atoms with E-state index in [2.05, 4.69) is 37.3 Å². The van der Waals surface area contributed by atoms with Crippen LogP contribution in [0, 0.1) is 6.92 Å². The van der Waals surface area contributed by atoms with Gasteiger partial charge in [0.05, 0.1) is 0 Å². The monoisotopic (exact) mass is 187 g/mol. The van der Waals surface area contributed by atoms with Gasteiger partial charge in [-0.05, 0) is 37.3 Å². The van der Waals surface area contributed by atoms with Crippen molar-refractivity contribution in [3.63, 3.8) is 0 Å². The van der Waals surface area contributed by atoms with E-state index in [9.17, 15) is 0 Å². The fraction of sp³-hybridized carbons (Fsp3) is 0.385. The van der Waals surface area contributed by atoms with Crippen LogP contribution in [-0.2, 0) is 0 Å². The van der Waals surface area contributed by atoms with Gasteiger partial charge in [-0.2, -0.15) is 0 Å². The van der Waals surface area contributed by atoms with Gasteiger partial charge in [-0.15, -0.1) is 0 Å². The molecule has 0 fully saturated rings. The van der Waals surface area contributed by atoms with Crippen LogP contribution in [0.2, 0.25) is 0 Å². The quantitative estimate of drug-likeness (QED) is 0.718. The van der Waals surface area contributed by atoms with Crippen molar-refractivity contribution in [2.45, 2.75) is 32.2 Å². The molecular formula is C13H17N. The summed E-state index contributed by atoms with van der Waals surface area (Å²) in [6.07, 6.45) is 5.58. The minimum absolute atomic E-state index is 0.379. The smallest absolute Gasteiger partial charge is 0.00767 e. The van der Waals surface area contributed by atoms with Gasteiger partial charge >= 0.3 is 0 Å². The van der Waals surface area contributed by atoms with E-state index >= 15 is 0 Å². The maximum Gasteiger partial charge on any atom is 0.00767 e. The molecular weight excluding hydrogens is 170 g/mol. The van der Waals surface area contributed by atoms with Crippen molar-refractivity contribution in [1.82, 2.24) is 0 Å². The summed E-state index contributed by atoms with van der Waals surface area (Å²) in [6.45, 7) is 2.12. The molecule has 0 amide bonds. The first-order chi connectivity index (χ1) is 6.75. The summed E-state index contributed by atoms with van der Waals surface area (Å²) in [5.74, 6) is 0. The normalized spacial score (nSPS) is 21.9. The zero-order valence-electron chi connectivity index (χ0n) is 8.66. The Balaban J connectivity index is 2.19. The average Bonchev–Trinajstić information content (AvgIpc) is 2.21. The van der Waals surface area contributed by atoms with Gasteiger partial charge in [-0.1, -0.05) is 35.9 Å². The van der Waals surface area contributed by atoms with Crippen molar-refractivity contribution in [2.75, 3.05) is 0 Å². The number of hydrogen-bond acceptors (Lipinski definition) is 1. The third kappa shape index (κ3) is 2.05. The lowest BCUT2D eigenvalue weighted by molar-refractivity contribution is 0.614. The Morgan fingerprint density at radius 2 is 1.93 bits per heavy atom. The molecule has 2 N–H and O–H groups in total. The van der Waals surface area contributed by atoms with Crippen LogP contribution in [0.1, 0.15) is 30.4 Å². The van der Waals surface area contributed by atoms with Crippen molar-refractivity contribution in [3.05, 3.63) is 41.5 Å². The van der Waals surface area contributed by atoms with E-state index in [4.69, 9.17) is 5.73 Å². The maximum absolute atomic E-state index is 5.85. The number of nitrogens with two attached hydrogens (primary N) is 1. The third-order valence-corrected chi connectivity index (χ3v) is 2.87. The lowest BCUT2D eigenvalue weighted by Crippen LogP contribution is -2.21. The fourth-order valence-corrected chi connectivity index (χ4v) is 1.88. The molecule has 0 saturated heterocycles. The zero-order valence-corrected chi connectivity index (χ0v) is 8.66. The lowest BCUT2D eigenvalue weighted by Gasteiger charge is -2.18. The summed E-state index contributed by atoms with van der Waals surface area (Å²) in [5.41, 5.74) is 10.0. The van der Waals surface area contributed by atoms with Crippen LogP contribution in [0.5, 0.6) is 0 Å². The number of rotatable bonds is 1. The Labute approximate surface area is 85.6 Å². The molecule has 74 valence electrons. The second-order valence-corrected chi connectivity index (χ2v) is 4.13. The van der Waals surface area contributed by atoms with Crippen LogP contribution in [0.3, 0.4) is 0 Å². The first kappa shape index (κ1) is 9.47. The molecule has 1 aliphatic carbocycles. The van der Waals surface area contributed by atoms with E-state index in [0.29, 0.717) is 6.04 Å². The van der Waals surface area contributed by atoms with Crippen molar-refractivity contribution >= 4 is 5.57 Å². The lowest BCUT2D eigenvalue weighted by atomic mass is 9.91. The van der Waals surface area contributed by atoms with Crippen LogP contribution in [-0.4, -0.2) is 6.04 Å². The summed E-state index contributed by atoms with van der Waals surface area (Å²) >= 11 is 0. The molecule has 0 aliphatic heterocycles. The molecule has 1 nitrogen and oxygen atoms in total. The molecule has 0 heterocycles. The van der Waals surface area contributed by atoms with Crippen LogP contribution in [0.25, 0.3) is 5.57 Å². The number of benzene rings is 1. The topological polar surface area (TPSA) is 26.0 Å². The van der Waals surface area contributed by atoms with Gasteiger partial charge in [0.15, 0.2) is 0 Å². The second-order valence-electron chi connectivity index (χ2n) is 4.13. The molecule has 14 heavy (non-hydrogen) atoms. The minimum atomic E-state index is 0.379. The summed E-state index contributed by atoms with van der Waals surface area (Å²) in [6, 6.07) is 9.13. The molecule has 1 aliphatic rings. The Bertz CT molecular complexity index is 335. The zero-order chi connectivity index (χ0) is 9.97. The molecule has 0 radical (unpaired) electrons. The van der Waals surface area contributed by atoms with Gasteiger partial charge in [-0.3, -0.25) is 0 Å². The molecule has 0 unspecified atom stereocenters. The highest BCUT2D eigenvalue weighted by Crippen LogP contribution is 2.26. The molecule has 0 saturated carbocycles. The Morgan fingerprint density at radius 3 is 2.50 bits per heavy atom. The average molecular weight is 187 g/mol. The van der Waals surface area contributed by atoms with Crippen molar-refractivity contribution in [1.29, 1.82) is 0 Å². The van der Waals surface area contributed by atoms with Crippen LogP contribution in [0.15, 0.2) is 30.3 Å². The fourth-order valence-electron chi connectivity index (χ4n) is 1.88. The minimum Gasteiger partial charge on any atom is -0.327 e. The Hall–Kier alpha value is -1.08. The molecule has 0 spiro atoms. The maximum atomic E-state index is 5.85. The summed E-state index contributed by atoms with van der Waals surface area (Å²) < 4.78 is 0.